The standard InChI is InChI=1S/C19H34N2O2/c1-9-19(10-2,15-20-13(11-22-15)17(3,4)5)16-21-14(12-23-16)18(6,7)8/h13-14H,9-12H2,1-8H3/t13-,14-/m0/s1. The molecule has 0 aromatic rings. The van der Waals surface area contributed by atoms with Crippen LogP contribution in [0.5, 0.6) is 0 Å². The minimum Gasteiger partial charge on any atom is -0.478 e. The van der Waals surface area contributed by atoms with Gasteiger partial charge < -0.3 is 9.47 Å². The normalized spacial score (nSPS) is 25.7. The summed E-state index contributed by atoms with van der Waals surface area (Å²) in [6.45, 7) is 19.0. The average Bonchev–Trinajstić information content (AvgIpc) is 3.08. The Bertz CT molecular complexity index is 448. The van der Waals surface area contributed by atoms with Crippen LogP contribution in [-0.4, -0.2) is 37.1 Å². The van der Waals surface area contributed by atoms with E-state index in [2.05, 4.69) is 55.4 Å². The SMILES string of the molecule is CCC(CC)(C1=N[C@H](C(C)(C)C)CO1)C1=N[C@H](C(C)(C)C)CO1. The third-order valence-corrected chi connectivity index (χ3v) is 5.33. The number of ether oxygens (including phenoxy) is 2. The first-order valence-corrected chi connectivity index (χ1v) is 8.96. The van der Waals surface area contributed by atoms with Gasteiger partial charge in [0.1, 0.15) is 18.6 Å². The molecule has 0 unspecified atom stereocenters. The van der Waals surface area contributed by atoms with Gasteiger partial charge >= 0.3 is 0 Å². The summed E-state index contributed by atoms with van der Waals surface area (Å²) in [6.07, 6.45) is 1.80. The Balaban J connectivity index is 2.35. The Morgan fingerprint density at radius 1 is 0.783 bits per heavy atom. The average molecular weight is 322 g/mol. The highest BCUT2D eigenvalue weighted by molar-refractivity contribution is 6.06. The molecule has 0 N–H and O–H groups in total. The van der Waals surface area contributed by atoms with Gasteiger partial charge in [-0.3, -0.25) is 0 Å². The lowest BCUT2D eigenvalue weighted by molar-refractivity contribution is 0.205. The van der Waals surface area contributed by atoms with Crippen LogP contribution in [0.1, 0.15) is 68.2 Å². The second-order valence-electron chi connectivity index (χ2n) is 9.04. The molecule has 2 atom stereocenters. The summed E-state index contributed by atoms with van der Waals surface area (Å²) in [5.74, 6) is 1.66. The van der Waals surface area contributed by atoms with Crippen molar-refractivity contribution < 1.29 is 9.47 Å². The number of hydrogen-bond donors (Lipinski definition) is 0. The summed E-state index contributed by atoms with van der Waals surface area (Å²) >= 11 is 0. The first kappa shape index (κ1) is 18.3. The van der Waals surface area contributed by atoms with Gasteiger partial charge in [-0.1, -0.05) is 55.4 Å². The van der Waals surface area contributed by atoms with Crippen LogP contribution in [0.25, 0.3) is 0 Å². The quantitative estimate of drug-likeness (QED) is 0.766. The highest BCUT2D eigenvalue weighted by Gasteiger charge is 2.48. The molecule has 0 saturated heterocycles. The molecule has 2 aliphatic rings. The van der Waals surface area contributed by atoms with E-state index in [0.717, 1.165) is 24.6 Å². The zero-order chi connectivity index (χ0) is 17.5. The molecule has 132 valence electrons. The van der Waals surface area contributed by atoms with Gasteiger partial charge in [0.05, 0.1) is 12.1 Å². The van der Waals surface area contributed by atoms with E-state index in [0.29, 0.717) is 13.2 Å². The fourth-order valence-electron chi connectivity index (χ4n) is 3.10. The molecule has 0 saturated carbocycles. The van der Waals surface area contributed by atoms with Crippen molar-refractivity contribution in [2.24, 2.45) is 26.2 Å². The van der Waals surface area contributed by atoms with Crippen molar-refractivity contribution in [2.75, 3.05) is 13.2 Å². The van der Waals surface area contributed by atoms with Crippen molar-refractivity contribution in [3.05, 3.63) is 0 Å². The van der Waals surface area contributed by atoms with Gasteiger partial charge in [0.15, 0.2) is 11.8 Å². The molecule has 0 aromatic heterocycles. The predicted molar refractivity (Wildman–Crippen MR) is 96.3 cm³/mol. The first-order chi connectivity index (χ1) is 10.5. The maximum absolute atomic E-state index is 6.06. The van der Waals surface area contributed by atoms with Crippen LogP contribution in [0.3, 0.4) is 0 Å². The second kappa shape index (κ2) is 6.10. The highest BCUT2D eigenvalue weighted by Crippen LogP contribution is 2.40. The number of nitrogens with zero attached hydrogens (tertiary/aromatic N) is 2. The first-order valence-electron chi connectivity index (χ1n) is 8.96. The predicted octanol–water partition coefficient (Wildman–Crippen LogP) is 4.48. The Hall–Kier alpha value is -1.06. The van der Waals surface area contributed by atoms with E-state index in [1.54, 1.807) is 0 Å². The molecule has 0 spiro atoms. The van der Waals surface area contributed by atoms with Crippen molar-refractivity contribution in [2.45, 2.75) is 80.3 Å². The third kappa shape index (κ3) is 3.41. The van der Waals surface area contributed by atoms with Crippen molar-refractivity contribution in [3.8, 4) is 0 Å². The van der Waals surface area contributed by atoms with Crippen molar-refractivity contribution in [1.82, 2.24) is 0 Å². The molecule has 0 aromatic carbocycles. The fourth-order valence-corrected chi connectivity index (χ4v) is 3.10. The van der Waals surface area contributed by atoms with Crippen LogP contribution in [0.4, 0.5) is 0 Å². The van der Waals surface area contributed by atoms with Gasteiger partial charge in [0, 0.05) is 0 Å². The van der Waals surface area contributed by atoms with E-state index in [4.69, 9.17) is 19.5 Å². The zero-order valence-electron chi connectivity index (χ0n) is 16.2. The molecule has 0 fully saturated rings. The largest absolute Gasteiger partial charge is 0.478 e. The Labute approximate surface area is 141 Å². The van der Waals surface area contributed by atoms with Crippen molar-refractivity contribution in [1.29, 1.82) is 0 Å². The fraction of sp³-hybridized carbons (Fsp3) is 0.895. The van der Waals surface area contributed by atoms with Crippen LogP contribution in [0.15, 0.2) is 9.98 Å². The topological polar surface area (TPSA) is 43.2 Å². The molecule has 2 aliphatic heterocycles. The Morgan fingerprint density at radius 3 is 1.35 bits per heavy atom. The molecule has 0 bridgehead atoms. The van der Waals surface area contributed by atoms with Gasteiger partial charge in [-0.25, -0.2) is 9.98 Å². The summed E-state index contributed by atoms with van der Waals surface area (Å²) in [6, 6.07) is 0.408. The minimum atomic E-state index is -0.306. The Kier molecular flexibility index (Phi) is 4.85. The maximum Gasteiger partial charge on any atom is 0.199 e. The second-order valence-corrected chi connectivity index (χ2v) is 9.04. The summed E-state index contributed by atoms with van der Waals surface area (Å²) in [4.78, 5) is 9.88. The van der Waals surface area contributed by atoms with Crippen LogP contribution < -0.4 is 0 Å². The molecular weight excluding hydrogens is 288 g/mol. The van der Waals surface area contributed by atoms with Crippen LogP contribution in [0, 0.1) is 16.2 Å². The van der Waals surface area contributed by atoms with Crippen molar-refractivity contribution in [3.63, 3.8) is 0 Å². The van der Waals surface area contributed by atoms with E-state index in [-0.39, 0.29) is 28.3 Å². The van der Waals surface area contributed by atoms with Gasteiger partial charge in [-0.2, -0.15) is 0 Å². The van der Waals surface area contributed by atoms with Gasteiger partial charge in [0.25, 0.3) is 0 Å². The molecule has 0 radical (unpaired) electrons. The van der Waals surface area contributed by atoms with E-state index < -0.39 is 0 Å². The Morgan fingerprint density at radius 2 is 1.13 bits per heavy atom. The lowest BCUT2D eigenvalue weighted by Crippen LogP contribution is -2.39. The summed E-state index contributed by atoms with van der Waals surface area (Å²) < 4.78 is 12.1. The zero-order valence-corrected chi connectivity index (χ0v) is 16.2. The smallest absolute Gasteiger partial charge is 0.199 e. The minimum absolute atomic E-state index is 0.112. The number of rotatable bonds is 4. The van der Waals surface area contributed by atoms with Crippen molar-refractivity contribution >= 4 is 11.8 Å². The summed E-state index contributed by atoms with van der Waals surface area (Å²) in [7, 11) is 0. The van der Waals surface area contributed by atoms with Gasteiger partial charge in [-0.15, -0.1) is 0 Å². The summed E-state index contributed by atoms with van der Waals surface area (Å²) in [5.41, 5.74) is -0.0808. The van der Waals surface area contributed by atoms with E-state index in [1.165, 1.54) is 0 Å². The monoisotopic (exact) mass is 322 g/mol. The molecule has 4 nitrogen and oxygen atoms in total. The van der Waals surface area contributed by atoms with Gasteiger partial charge in [0.2, 0.25) is 0 Å². The van der Waals surface area contributed by atoms with Gasteiger partial charge in [-0.05, 0) is 23.7 Å². The van der Waals surface area contributed by atoms with Crippen LogP contribution >= 0.6 is 0 Å². The lowest BCUT2D eigenvalue weighted by Gasteiger charge is -2.29. The van der Waals surface area contributed by atoms with E-state index in [9.17, 15) is 0 Å². The summed E-state index contributed by atoms with van der Waals surface area (Å²) in [5, 5.41) is 0. The molecule has 0 amide bonds. The molecule has 2 heterocycles. The van der Waals surface area contributed by atoms with Crippen LogP contribution in [0.2, 0.25) is 0 Å². The third-order valence-electron chi connectivity index (χ3n) is 5.33. The molecule has 0 aliphatic carbocycles. The molecule has 4 heteroatoms. The number of hydrogen-bond acceptors (Lipinski definition) is 4. The number of aliphatic imine (C=N–C) groups is 2. The molecular formula is C19H34N2O2. The van der Waals surface area contributed by atoms with Crippen LogP contribution in [-0.2, 0) is 9.47 Å². The van der Waals surface area contributed by atoms with E-state index >= 15 is 0 Å². The highest BCUT2D eigenvalue weighted by atomic mass is 16.5. The molecule has 2 rings (SSSR count). The van der Waals surface area contributed by atoms with E-state index in [1.807, 2.05) is 0 Å². The maximum atomic E-state index is 6.06. The molecule has 23 heavy (non-hydrogen) atoms. The lowest BCUT2D eigenvalue weighted by atomic mass is 9.81.